The number of benzene rings is 1. The summed E-state index contributed by atoms with van der Waals surface area (Å²) in [4.78, 5) is 24.7. The minimum absolute atomic E-state index is 0.0673. The highest BCUT2D eigenvalue weighted by atomic mass is 19.1. The van der Waals surface area contributed by atoms with E-state index in [1.807, 2.05) is 6.92 Å². The van der Waals surface area contributed by atoms with E-state index in [9.17, 15) is 14.0 Å². The highest BCUT2D eigenvalue weighted by Crippen LogP contribution is 2.08. The van der Waals surface area contributed by atoms with Crippen LogP contribution < -0.4 is 15.5 Å². The molecule has 0 radical (unpaired) electrons. The Kier molecular flexibility index (Phi) is 8.40. The lowest BCUT2D eigenvalue weighted by Gasteiger charge is -2.17. The van der Waals surface area contributed by atoms with Crippen molar-refractivity contribution in [1.82, 2.24) is 5.32 Å². The van der Waals surface area contributed by atoms with Gasteiger partial charge in [-0.3, -0.25) is 9.59 Å². The largest absolute Gasteiger partial charge is 0.349 e. The fraction of sp³-hybridized carbons (Fsp3) is 0.556. The molecule has 0 saturated heterocycles. The van der Waals surface area contributed by atoms with Gasteiger partial charge in [-0.15, -0.1) is 0 Å². The molecular weight excluding hydrogens is 309 g/mol. The van der Waals surface area contributed by atoms with Gasteiger partial charge < -0.3 is 15.5 Å². The number of amides is 2. The molecule has 3 N–H and O–H groups in total. The van der Waals surface area contributed by atoms with Gasteiger partial charge >= 0.3 is 0 Å². The second-order valence-electron chi connectivity index (χ2n) is 6.81. The van der Waals surface area contributed by atoms with Crippen LogP contribution in [0.3, 0.4) is 0 Å². The van der Waals surface area contributed by atoms with Crippen molar-refractivity contribution in [2.75, 3.05) is 25.5 Å². The number of anilines is 1. The lowest BCUT2D eigenvalue weighted by Crippen LogP contribution is -3.11. The third kappa shape index (κ3) is 8.62. The van der Waals surface area contributed by atoms with Crippen LogP contribution in [0.15, 0.2) is 24.3 Å². The summed E-state index contributed by atoms with van der Waals surface area (Å²) in [6.07, 6.45) is 2.02. The quantitative estimate of drug-likeness (QED) is 0.634. The Morgan fingerprint density at radius 2 is 1.79 bits per heavy atom. The van der Waals surface area contributed by atoms with E-state index in [2.05, 4.69) is 24.5 Å². The molecule has 24 heavy (non-hydrogen) atoms. The maximum absolute atomic E-state index is 13.1. The SMILES string of the molecule is CC(C)CC[C@@H](C)NC(=O)C[NH+](C)CC(=O)Nc1cccc(F)c1. The zero-order valence-electron chi connectivity index (χ0n) is 15.0. The van der Waals surface area contributed by atoms with E-state index in [0.717, 1.165) is 17.7 Å². The molecular formula is C18H29FN3O2+. The van der Waals surface area contributed by atoms with E-state index in [-0.39, 0.29) is 30.9 Å². The summed E-state index contributed by atoms with van der Waals surface area (Å²) in [5.41, 5.74) is 0.416. The Bertz CT molecular complexity index is 549. The number of hydrogen-bond donors (Lipinski definition) is 3. The summed E-state index contributed by atoms with van der Waals surface area (Å²) in [5.74, 6) is -0.103. The van der Waals surface area contributed by atoms with Gasteiger partial charge in [0.15, 0.2) is 13.1 Å². The van der Waals surface area contributed by atoms with Crippen LogP contribution >= 0.6 is 0 Å². The third-order valence-electron chi connectivity index (χ3n) is 3.62. The molecule has 1 aromatic rings. The molecule has 1 rings (SSSR count). The standard InChI is InChI=1S/C18H28FN3O2/c1-13(2)8-9-14(3)20-17(23)11-22(4)12-18(24)21-16-7-5-6-15(19)10-16/h5-7,10,13-14H,8-9,11-12H2,1-4H3,(H,20,23)(H,21,24)/p+1/t14-/m1/s1. The molecule has 0 fully saturated rings. The van der Waals surface area contributed by atoms with Gasteiger partial charge in [-0.25, -0.2) is 4.39 Å². The van der Waals surface area contributed by atoms with Crippen LogP contribution in [-0.2, 0) is 9.59 Å². The van der Waals surface area contributed by atoms with Crippen LogP contribution in [0.1, 0.15) is 33.6 Å². The Labute approximate surface area is 143 Å². The molecule has 0 saturated carbocycles. The molecule has 1 aromatic carbocycles. The second-order valence-corrected chi connectivity index (χ2v) is 6.81. The number of nitrogens with one attached hydrogen (secondary N) is 3. The van der Waals surface area contributed by atoms with Crippen LogP contribution in [0.4, 0.5) is 10.1 Å². The van der Waals surface area contributed by atoms with Gasteiger partial charge in [-0.1, -0.05) is 19.9 Å². The zero-order valence-corrected chi connectivity index (χ0v) is 15.0. The topological polar surface area (TPSA) is 62.6 Å². The predicted molar refractivity (Wildman–Crippen MR) is 93.3 cm³/mol. The Balaban J connectivity index is 2.32. The molecule has 5 nitrogen and oxygen atoms in total. The average molecular weight is 338 g/mol. The van der Waals surface area contributed by atoms with Crippen molar-refractivity contribution in [3.63, 3.8) is 0 Å². The first kappa shape index (κ1) is 20.1. The van der Waals surface area contributed by atoms with Crippen LogP contribution in [-0.4, -0.2) is 38.0 Å². The average Bonchev–Trinajstić information content (AvgIpc) is 2.44. The van der Waals surface area contributed by atoms with E-state index in [4.69, 9.17) is 0 Å². The van der Waals surface area contributed by atoms with Gasteiger partial charge in [-0.05, 0) is 43.9 Å². The van der Waals surface area contributed by atoms with Gasteiger partial charge in [0.05, 0.1) is 7.05 Å². The number of hydrogen-bond acceptors (Lipinski definition) is 2. The second kappa shape index (κ2) is 10.0. The highest BCUT2D eigenvalue weighted by Gasteiger charge is 2.16. The van der Waals surface area contributed by atoms with Gasteiger partial charge in [-0.2, -0.15) is 0 Å². The molecule has 2 atom stereocenters. The molecule has 0 aliphatic carbocycles. The van der Waals surface area contributed by atoms with Crippen molar-refractivity contribution in [2.45, 2.75) is 39.7 Å². The summed E-state index contributed by atoms with van der Waals surface area (Å²) in [6, 6.07) is 5.87. The van der Waals surface area contributed by atoms with Crippen molar-refractivity contribution in [1.29, 1.82) is 0 Å². The first-order valence-corrected chi connectivity index (χ1v) is 8.42. The van der Waals surface area contributed by atoms with Crippen molar-refractivity contribution in [2.24, 2.45) is 5.92 Å². The molecule has 1 unspecified atom stereocenters. The minimum Gasteiger partial charge on any atom is -0.349 e. The number of halogens is 1. The lowest BCUT2D eigenvalue weighted by atomic mass is 10.0. The predicted octanol–water partition coefficient (Wildman–Crippen LogP) is 1.22. The molecule has 0 aliphatic rings. The number of likely N-dealkylation sites (N-methyl/N-ethyl adjacent to an activating group) is 1. The van der Waals surface area contributed by atoms with E-state index in [1.165, 1.54) is 18.2 Å². The van der Waals surface area contributed by atoms with E-state index in [1.54, 1.807) is 13.1 Å². The molecule has 0 heterocycles. The smallest absolute Gasteiger partial charge is 0.279 e. The van der Waals surface area contributed by atoms with E-state index < -0.39 is 5.82 Å². The molecule has 134 valence electrons. The molecule has 0 aromatic heterocycles. The van der Waals surface area contributed by atoms with E-state index >= 15 is 0 Å². The molecule has 0 aliphatic heterocycles. The number of carbonyl (C=O) groups is 2. The summed E-state index contributed by atoms with van der Waals surface area (Å²) in [5, 5.41) is 5.58. The van der Waals surface area contributed by atoms with Gasteiger partial charge in [0.2, 0.25) is 0 Å². The van der Waals surface area contributed by atoms with Gasteiger partial charge in [0, 0.05) is 11.7 Å². The minimum atomic E-state index is -0.400. The Morgan fingerprint density at radius 1 is 1.12 bits per heavy atom. The first-order valence-electron chi connectivity index (χ1n) is 8.42. The van der Waals surface area contributed by atoms with Crippen LogP contribution in [0.5, 0.6) is 0 Å². The normalized spacial score (nSPS) is 13.4. The number of quaternary nitrogens is 1. The maximum Gasteiger partial charge on any atom is 0.279 e. The fourth-order valence-corrected chi connectivity index (χ4v) is 2.36. The van der Waals surface area contributed by atoms with Gasteiger partial charge in [0.1, 0.15) is 5.82 Å². The summed E-state index contributed by atoms with van der Waals surface area (Å²) < 4.78 is 13.1. The Hall–Kier alpha value is -1.95. The zero-order chi connectivity index (χ0) is 18.1. The first-order chi connectivity index (χ1) is 11.3. The van der Waals surface area contributed by atoms with Crippen LogP contribution in [0, 0.1) is 11.7 Å². The van der Waals surface area contributed by atoms with Crippen molar-refractivity contribution < 1.29 is 18.9 Å². The fourth-order valence-electron chi connectivity index (χ4n) is 2.36. The van der Waals surface area contributed by atoms with Crippen molar-refractivity contribution in [3.05, 3.63) is 30.1 Å². The van der Waals surface area contributed by atoms with Crippen LogP contribution in [0.25, 0.3) is 0 Å². The highest BCUT2D eigenvalue weighted by molar-refractivity contribution is 5.91. The number of rotatable bonds is 9. The third-order valence-corrected chi connectivity index (χ3v) is 3.62. The lowest BCUT2D eigenvalue weighted by molar-refractivity contribution is -0.862. The monoisotopic (exact) mass is 338 g/mol. The molecule has 0 bridgehead atoms. The molecule has 2 amide bonds. The molecule has 0 spiro atoms. The van der Waals surface area contributed by atoms with Gasteiger partial charge in [0.25, 0.3) is 11.8 Å². The van der Waals surface area contributed by atoms with Crippen molar-refractivity contribution >= 4 is 17.5 Å². The van der Waals surface area contributed by atoms with Crippen molar-refractivity contribution in [3.8, 4) is 0 Å². The summed E-state index contributed by atoms with van der Waals surface area (Å²) in [6.45, 7) is 6.67. The number of carbonyl (C=O) groups excluding carboxylic acids is 2. The Morgan fingerprint density at radius 3 is 2.42 bits per heavy atom. The molecule has 6 heteroatoms. The maximum atomic E-state index is 13.1. The van der Waals surface area contributed by atoms with Crippen LogP contribution in [0.2, 0.25) is 0 Å². The summed E-state index contributed by atoms with van der Waals surface area (Å²) >= 11 is 0. The van der Waals surface area contributed by atoms with E-state index in [0.29, 0.717) is 11.6 Å². The summed E-state index contributed by atoms with van der Waals surface area (Å²) in [7, 11) is 1.78.